The van der Waals surface area contributed by atoms with Crippen LogP contribution in [0.15, 0.2) is 77.3 Å². The first-order valence-corrected chi connectivity index (χ1v) is 10.2. The highest BCUT2D eigenvalue weighted by Crippen LogP contribution is 2.44. The minimum absolute atomic E-state index is 0.0537. The van der Waals surface area contributed by atoms with Gasteiger partial charge < -0.3 is 15.2 Å². The van der Waals surface area contributed by atoms with E-state index >= 15 is 0 Å². The monoisotopic (exact) mass is 449 g/mol. The molecule has 4 nitrogen and oxygen atoms in total. The fraction of sp³-hybridized carbons (Fsp3) is 0.125. The highest BCUT2D eigenvalue weighted by atomic mass is 79.9. The molecule has 0 bridgehead atoms. The Kier molecular flexibility index (Phi) is 5.67. The molecule has 0 heterocycles. The number of phenolic OH excluding ortho intramolecular Hbond substituents is 1. The molecule has 0 fully saturated rings. The predicted octanol–water partition coefficient (Wildman–Crippen LogP) is 5.71. The second kappa shape index (κ2) is 8.53. The van der Waals surface area contributed by atoms with E-state index in [1.807, 2.05) is 36.4 Å². The Hall–Kier alpha value is -3.05. The predicted molar refractivity (Wildman–Crippen MR) is 118 cm³/mol. The van der Waals surface area contributed by atoms with Gasteiger partial charge in [-0.2, -0.15) is 0 Å². The molecule has 29 heavy (non-hydrogen) atoms. The zero-order valence-corrected chi connectivity index (χ0v) is 17.2. The van der Waals surface area contributed by atoms with E-state index in [2.05, 4.69) is 45.5 Å². The quantitative estimate of drug-likeness (QED) is 0.524. The largest absolute Gasteiger partial charge is 0.507 e. The summed E-state index contributed by atoms with van der Waals surface area (Å²) in [7, 11) is 0. The van der Waals surface area contributed by atoms with Crippen molar-refractivity contribution in [2.45, 2.75) is 5.92 Å². The number of rotatable bonds is 5. The zero-order valence-electron chi connectivity index (χ0n) is 15.6. The van der Waals surface area contributed by atoms with Crippen LogP contribution in [-0.2, 0) is 4.74 Å². The summed E-state index contributed by atoms with van der Waals surface area (Å²) in [6.45, 7) is 0.656. The molecule has 0 saturated carbocycles. The van der Waals surface area contributed by atoms with Crippen LogP contribution < -0.4 is 5.32 Å². The third-order valence-electron chi connectivity index (χ3n) is 4.99. The van der Waals surface area contributed by atoms with Gasteiger partial charge in [0.2, 0.25) is 0 Å². The number of ether oxygens (including phenoxy) is 1. The first-order chi connectivity index (χ1) is 14.1. The van der Waals surface area contributed by atoms with E-state index in [9.17, 15) is 9.90 Å². The highest BCUT2D eigenvalue weighted by Gasteiger charge is 2.28. The van der Waals surface area contributed by atoms with E-state index in [0.717, 1.165) is 5.56 Å². The average molecular weight is 450 g/mol. The molecule has 1 aliphatic rings. The second-order valence-corrected chi connectivity index (χ2v) is 7.67. The van der Waals surface area contributed by atoms with Crippen LogP contribution in [0.4, 0.5) is 4.79 Å². The highest BCUT2D eigenvalue weighted by molar-refractivity contribution is 9.10. The summed E-state index contributed by atoms with van der Waals surface area (Å²) in [5.74, 6) is 0.247. The molecule has 0 unspecified atom stereocenters. The molecule has 0 aliphatic heterocycles. The lowest BCUT2D eigenvalue weighted by atomic mass is 9.98. The number of carbonyl (C=O) groups excluding carboxylic acids is 1. The third-order valence-corrected chi connectivity index (χ3v) is 5.63. The lowest BCUT2D eigenvalue weighted by Crippen LogP contribution is -2.26. The van der Waals surface area contributed by atoms with Crippen molar-refractivity contribution in [1.82, 2.24) is 5.32 Å². The van der Waals surface area contributed by atoms with Gasteiger partial charge in [-0.15, -0.1) is 0 Å². The molecule has 2 N–H and O–H groups in total. The summed E-state index contributed by atoms with van der Waals surface area (Å²) in [4.78, 5) is 12.1. The summed E-state index contributed by atoms with van der Waals surface area (Å²) in [6, 6.07) is 21.7. The van der Waals surface area contributed by atoms with Crippen LogP contribution in [-0.4, -0.2) is 24.4 Å². The van der Waals surface area contributed by atoms with Crippen LogP contribution >= 0.6 is 15.9 Å². The molecule has 1 aliphatic carbocycles. The first kappa shape index (κ1) is 19.3. The Balaban J connectivity index is 1.33. The van der Waals surface area contributed by atoms with Crippen molar-refractivity contribution in [1.29, 1.82) is 0 Å². The van der Waals surface area contributed by atoms with Crippen molar-refractivity contribution >= 4 is 28.1 Å². The van der Waals surface area contributed by atoms with E-state index < -0.39 is 6.09 Å². The van der Waals surface area contributed by atoms with Crippen molar-refractivity contribution in [2.24, 2.45) is 0 Å². The van der Waals surface area contributed by atoms with Crippen LogP contribution in [0.1, 0.15) is 22.6 Å². The summed E-state index contributed by atoms with van der Waals surface area (Å²) in [5, 5.41) is 12.3. The Bertz CT molecular complexity index is 1030. The molecule has 0 saturated heterocycles. The number of hydrogen-bond acceptors (Lipinski definition) is 3. The molecule has 4 rings (SSSR count). The average Bonchev–Trinajstić information content (AvgIpc) is 3.06. The molecular formula is C24H20BrNO3. The standard InChI is InChI=1S/C24H20BrNO3/c25-22-14-16(11-12-23(22)27)6-5-13-26-24(28)29-15-21-19-9-3-1-7-17(19)18-8-2-4-10-20(18)21/h1-12,14,21,27H,13,15H2,(H,26,28). The van der Waals surface area contributed by atoms with Crippen molar-refractivity contribution < 1.29 is 14.6 Å². The number of carbonyl (C=O) groups is 1. The fourth-order valence-electron chi connectivity index (χ4n) is 3.61. The Morgan fingerprint density at radius 2 is 1.69 bits per heavy atom. The van der Waals surface area contributed by atoms with Gasteiger partial charge in [-0.25, -0.2) is 4.79 Å². The molecular weight excluding hydrogens is 430 g/mol. The number of nitrogens with one attached hydrogen (secondary N) is 1. The number of fused-ring (bicyclic) bond motifs is 3. The van der Waals surface area contributed by atoms with Gasteiger partial charge in [-0.05, 0) is 55.9 Å². The lowest BCUT2D eigenvalue weighted by molar-refractivity contribution is 0.144. The normalized spacial score (nSPS) is 12.6. The third kappa shape index (κ3) is 4.20. The molecule has 0 atom stereocenters. The molecule has 3 aromatic carbocycles. The summed E-state index contributed by atoms with van der Waals surface area (Å²) < 4.78 is 6.13. The number of alkyl carbamates (subject to hydrolysis) is 1. The summed E-state index contributed by atoms with van der Waals surface area (Å²) in [5.41, 5.74) is 5.72. The number of benzene rings is 3. The molecule has 0 radical (unpaired) electrons. The van der Waals surface area contributed by atoms with Gasteiger partial charge in [-0.3, -0.25) is 0 Å². The second-order valence-electron chi connectivity index (χ2n) is 6.82. The van der Waals surface area contributed by atoms with Gasteiger partial charge in [-0.1, -0.05) is 66.7 Å². The Morgan fingerprint density at radius 1 is 1.03 bits per heavy atom. The van der Waals surface area contributed by atoms with Crippen LogP contribution in [0.2, 0.25) is 0 Å². The van der Waals surface area contributed by atoms with Gasteiger partial charge in [0, 0.05) is 12.5 Å². The summed E-state index contributed by atoms with van der Waals surface area (Å²) >= 11 is 3.28. The Labute approximate surface area is 178 Å². The van der Waals surface area contributed by atoms with E-state index in [1.165, 1.54) is 22.3 Å². The van der Waals surface area contributed by atoms with Crippen LogP contribution in [0, 0.1) is 0 Å². The number of hydrogen-bond donors (Lipinski definition) is 2. The van der Waals surface area contributed by atoms with E-state index in [-0.39, 0.29) is 11.7 Å². The van der Waals surface area contributed by atoms with Gasteiger partial charge >= 0.3 is 6.09 Å². The zero-order chi connectivity index (χ0) is 20.2. The van der Waals surface area contributed by atoms with Gasteiger partial charge in [0.1, 0.15) is 12.4 Å². The smallest absolute Gasteiger partial charge is 0.407 e. The van der Waals surface area contributed by atoms with E-state index in [0.29, 0.717) is 17.6 Å². The molecule has 0 spiro atoms. The maximum atomic E-state index is 12.1. The van der Waals surface area contributed by atoms with Gasteiger partial charge in [0.15, 0.2) is 0 Å². The minimum Gasteiger partial charge on any atom is -0.507 e. The van der Waals surface area contributed by atoms with Gasteiger partial charge in [0.05, 0.1) is 4.47 Å². The molecule has 5 heteroatoms. The number of phenols is 1. The number of halogens is 1. The maximum Gasteiger partial charge on any atom is 0.407 e. The van der Waals surface area contributed by atoms with Crippen molar-refractivity contribution in [2.75, 3.05) is 13.2 Å². The van der Waals surface area contributed by atoms with Crippen LogP contribution in [0.5, 0.6) is 5.75 Å². The van der Waals surface area contributed by atoms with Crippen molar-refractivity contribution in [3.63, 3.8) is 0 Å². The first-order valence-electron chi connectivity index (χ1n) is 9.37. The molecule has 1 amide bonds. The van der Waals surface area contributed by atoms with E-state index in [4.69, 9.17) is 4.74 Å². The van der Waals surface area contributed by atoms with Crippen LogP contribution in [0.3, 0.4) is 0 Å². The van der Waals surface area contributed by atoms with E-state index in [1.54, 1.807) is 18.2 Å². The summed E-state index contributed by atoms with van der Waals surface area (Å²) in [6.07, 6.45) is 3.26. The van der Waals surface area contributed by atoms with Gasteiger partial charge in [0.25, 0.3) is 0 Å². The topological polar surface area (TPSA) is 58.6 Å². The minimum atomic E-state index is -0.441. The molecule has 146 valence electrons. The fourth-order valence-corrected chi connectivity index (χ4v) is 4.01. The SMILES string of the molecule is O=C(NCC=Cc1ccc(O)c(Br)c1)OCC1c2ccccc2-c2ccccc21. The number of amides is 1. The lowest BCUT2D eigenvalue weighted by Gasteiger charge is -2.14. The number of aromatic hydroxyl groups is 1. The molecule has 0 aromatic heterocycles. The van der Waals surface area contributed by atoms with Crippen LogP contribution in [0.25, 0.3) is 17.2 Å². The van der Waals surface area contributed by atoms with Crippen molar-refractivity contribution in [3.8, 4) is 16.9 Å². The van der Waals surface area contributed by atoms with Crippen molar-refractivity contribution in [3.05, 3.63) is 94.0 Å². The maximum absolute atomic E-state index is 12.1. The Morgan fingerprint density at radius 3 is 2.34 bits per heavy atom. The molecule has 3 aromatic rings.